The summed E-state index contributed by atoms with van der Waals surface area (Å²) in [4.78, 5) is 11.8. The van der Waals surface area contributed by atoms with Crippen molar-refractivity contribution in [2.24, 2.45) is 11.7 Å². The van der Waals surface area contributed by atoms with E-state index >= 15 is 0 Å². The molecule has 0 aliphatic heterocycles. The fourth-order valence-electron chi connectivity index (χ4n) is 1.55. The van der Waals surface area contributed by atoms with Crippen molar-refractivity contribution in [2.45, 2.75) is 12.8 Å². The minimum absolute atomic E-state index is 0.0428. The zero-order valence-corrected chi connectivity index (χ0v) is 11.9. The smallest absolute Gasteiger partial charge is 0.257 e. The fraction of sp³-hybridized carbons (Fsp3) is 0.385. The van der Waals surface area contributed by atoms with Gasteiger partial charge in [0.1, 0.15) is 10.7 Å². The molecule has 1 saturated carbocycles. The van der Waals surface area contributed by atoms with Crippen LogP contribution in [0.5, 0.6) is 5.75 Å². The van der Waals surface area contributed by atoms with Crippen LogP contribution in [0, 0.1) is 5.92 Å². The molecule has 1 aromatic carbocycles. The van der Waals surface area contributed by atoms with E-state index in [0.717, 1.165) is 6.54 Å². The SMILES string of the molecule is NC(=S)c1ccc(OCC(=O)NCC2CC2)c(Cl)c1. The van der Waals surface area contributed by atoms with Crippen LogP contribution in [0.15, 0.2) is 18.2 Å². The van der Waals surface area contributed by atoms with Gasteiger partial charge in [-0.3, -0.25) is 4.79 Å². The monoisotopic (exact) mass is 298 g/mol. The number of nitrogens with two attached hydrogens (primary N) is 1. The molecule has 4 nitrogen and oxygen atoms in total. The molecule has 1 aliphatic carbocycles. The summed E-state index contributed by atoms with van der Waals surface area (Å²) in [5.74, 6) is 0.960. The van der Waals surface area contributed by atoms with Crippen molar-refractivity contribution in [2.75, 3.05) is 13.2 Å². The van der Waals surface area contributed by atoms with E-state index in [-0.39, 0.29) is 17.5 Å². The Hall–Kier alpha value is -1.33. The topological polar surface area (TPSA) is 64.3 Å². The van der Waals surface area contributed by atoms with Gasteiger partial charge >= 0.3 is 0 Å². The molecule has 2 rings (SSSR count). The van der Waals surface area contributed by atoms with Crippen LogP contribution in [0.3, 0.4) is 0 Å². The van der Waals surface area contributed by atoms with Crippen LogP contribution in [0.2, 0.25) is 5.02 Å². The van der Waals surface area contributed by atoms with Gasteiger partial charge < -0.3 is 15.8 Å². The van der Waals surface area contributed by atoms with Crippen LogP contribution in [-0.4, -0.2) is 24.0 Å². The Morgan fingerprint density at radius 1 is 1.53 bits per heavy atom. The van der Waals surface area contributed by atoms with Gasteiger partial charge in [-0.1, -0.05) is 23.8 Å². The van der Waals surface area contributed by atoms with Gasteiger partial charge in [0.2, 0.25) is 0 Å². The van der Waals surface area contributed by atoms with Crippen molar-refractivity contribution in [3.63, 3.8) is 0 Å². The molecule has 0 spiro atoms. The summed E-state index contributed by atoms with van der Waals surface area (Å²) >= 11 is 10.9. The maximum absolute atomic E-state index is 11.5. The second-order valence-corrected chi connectivity index (χ2v) is 5.39. The van der Waals surface area contributed by atoms with Gasteiger partial charge in [-0.25, -0.2) is 0 Å². The number of hydrogen-bond acceptors (Lipinski definition) is 3. The zero-order chi connectivity index (χ0) is 13.8. The van der Waals surface area contributed by atoms with Gasteiger partial charge in [0.25, 0.3) is 5.91 Å². The fourth-order valence-corrected chi connectivity index (χ4v) is 1.91. The molecule has 1 aliphatic rings. The lowest BCUT2D eigenvalue weighted by molar-refractivity contribution is -0.123. The average Bonchev–Trinajstić information content (AvgIpc) is 3.18. The molecular weight excluding hydrogens is 284 g/mol. The van der Waals surface area contributed by atoms with Crippen molar-refractivity contribution in [1.29, 1.82) is 0 Å². The maximum Gasteiger partial charge on any atom is 0.257 e. The molecule has 0 aromatic heterocycles. The molecule has 102 valence electrons. The number of thiocarbonyl (C=S) groups is 1. The molecule has 1 amide bonds. The Morgan fingerprint density at radius 2 is 2.26 bits per heavy atom. The molecule has 0 saturated heterocycles. The van der Waals surface area contributed by atoms with Crippen molar-refractivity contribution >= 4 is 34.7 Å². The summed E-state index contributed by atoms with van der Waals surface area (Å²) in [6, 6.07) is 5.00. The highest BCUT2D eigenvalue weighted by Gasteiger charge is 2.21. The van der Waals surface area contributed by atoms with Crippen molar-refractivity contribution in [1.82, 2.24) is 5.32 Å². The van der Waals surface area contributed by atoms with Gasteiger partial charge in [0.05, 0.1) is 5.02 Å². The van der Waals surface area contributed by atoms with E-state index in [9.17, 15) is 4.79 Å². The van der Waals surface area contributed by atoms with Gasteiger partial charge in [0, 0.05) is 12.1 Å². The summed E-state index contributed by atoms with van der Waals surface area (Å²) in [6.45, 7) is 0.690. The van der Waals surface area contributed by atoms with Gasteiger partial charge in [-0.15, -0.1) is 0 Å². The number of nitrogens with one attached hydrogen (secondary N) is 1. The molecule has 1 fully saturated rings. The Morgan fingerprint density at radius 3 is 2.84 bits per heavy atom. The van der Waals surface area contributed by atoms with E-state index in [2.05, 4.69) is 5.32 Å². The van der Waals surface area contributed by atoms with Crippen LogP contribution >= 0.6 is 23.8 Å². The third-order valence-corrected chi connectivity index (χ3v) is 3.39. The highest BCUT2D eigenvalue weighted by atomic mass is 35.5. The van der Waals surface area contributed by atoms with Crippen LogP contribution in [0.25, 0.3) is 0 Å². The second-order valence-electron chi connectivity index (χ2n) is 4.55. The first-order valence-electron chi connectivity index (χ1n) is 6.05. The molecule has 0 radical (unpaired) electrons. The molecule has 0 heterocycles. The van der Waals surface area contributed by atoms with E-state index < -0.39 is 0 Å². The second kappa shape index (κ2) is 6.21. The minimum Gasteiger partial charge on any atom is -0.482 e. The number of amides is 1. The standard InChI is InChI=1S/C13H15ClN2O2S/c14-10-5-9(13(15)19)3-4-11(10)18-7-12(17)16-6-8-1-2-8/h3-5,8H,1-2,6-7H2,(H2,15,19)(H,16,17). The van der Waals surface area contributed by atoms with Gasteiger partial charge in [0.15, 0.2) is 6.61 Å². The summed E-state index contributed by atoms with van der Waals surface area (Å²) in [7, 11) is 0. The van der Waals surface area contributed by atoms with E-state index in [1.807, 2.05) is 0 Å². The highest BCUT2D eigenvalue weighted by molar-refractivity contribution is 7.80. The van der Waals surface area contributed by atoms with Crippen molar-refractivity contribution in [3.05, 3.63) is 28.8 Å². The maximum atomic E-state index is 11.5. The van der Waals surface area contributed by atoms with Crippen LogP contribution in [0.4, 0.5) is 0 Å². The largest absolute Gasteiger partial charge is 0.482 e. The van der Waals surface area contributed by atoms with E-state index in [1.165, 1.54) is 12.8 Å². The third kappa shape index (κ3) is 4.36. The lowest BCUT2D eigenvalue weighted by Crippen LogP contribution is -2.30. The number of halogens is 1. The van der Waals surface area contributed by atoms with E-state index in [0.29, 0.717) is 22.3 Å². The predicted octanol–water partition coefficient (Wildman–Crippen LogP) is 1.88. The summed E-state index contributed by atoms with van der Waals surface area (Å²) in [5, 5.41) is 3.21. The number of hydrogen-bond donors (Lipinski definition) is 2. The first kappa shape index (κ1) is 14.1. The number of rotatable bonds is 6. The third-order valence-electron chi connectivity index (χ3n) is 2.86. The van der Waals surface area contributed by atoms with E-state index in [1.54, 1.807) is 18.2 Å². The molecule has 19 heavy (non-hydrogen) atoms. The molecule has 0 bridgehead atoms. The highest BCUT2D eigenvalue weighted by Crippen LogP contribution is 2.27. The molecule has 0 atom stereocenters. The number of ether oxygens (including phenoxy) is 1. The Kier molecular flexibility index (Phi) is 4.61. The summed E-state index contributed by atoms with van der Waals surface area (Å²) < 4.78 is 5.36. The lowest BCUT2D eigenvalue weighted by Gasteiger charge is -2.09. The molecule has 1 aromatic rings. The first-order chi connectivity index (χ1) is 9.06. The Balaban J connectivity index is 1.84. The number of benzene rings is 1. The van der Waals surface area contributed by atoms with Crippen LogP contribution < -0.4 is 15.8 Å². The molecule has 3 N–H and O–H groups in total. The molecule has 0 unspecified atom stereocenters. The zero-order valence-electron chi connectivity index (χ0n) is 10.3. The Bertz CT molecular complexity index is 503. The van der Waals surface area contributed by atoms with E-state index in [4.69, 9.17) is 34.3 Å². The first-order valence-corrected chi connectivity index (χ1v) is 6.83. The van der Waals surface area contributed by atoms with Gasteiger partial charge in [-0.2, -0.15) is 0 Å². The average molecular weight is 299 g/mol. The number of carbonyl (C=O) groups is 1. The quantitative estimate of drug-likeness (QED) is 0.787. The molecular formula is C13H15ClN2O2S. The van der Waals surface area contributed by atoms with Crippen molar-refractivity contribution in [3.8, 4) is 5.75 Å². The van der Waals surface area contributed by atoms with Crippen LogP contribution in [0.1, 0.15) is 18.4 Å². The Labute approximate surface area is 122 Å². The minimum atomic E-state index is -0.138. The summed E-state index contributed by atoms with van der Waals surface area (Å²) in [5.41, 5.74) is 6.17. The van der Waals surface area contributed by atoms with Crippen molar-refractivity contribution < 1.29 is 9.53 Å². The lowest BCUT2D eigenvalue weighted by atomic mass is 10.2. The molecule has 6 heteroatoms. The van der Waals surface area contributed by atoms with Crippen LogP contribution in [-0.2, 0) is 4.79 Å². The predicted molar refractivity (Wildman–Crippen MR) is 78.6 cm³/mol. The normalized spacial score (nSPS) is 13.9. The summed E-state index contributed by atoms with van der Waals surface area (Å²) in [6.07, 6.45) is 2.40. The van der Waals surface area contributed by atoms with Gasteiger partial charge in [-0.05, 0) is 37.0 Å². The number of carbonyl (C=O) groups excluding carboxylic acids is 1.